The lowest BCUT2D eigenvalue weighted by Gasteiger charge is -2.42. The maximum Gasteiger partial charge on any atom is 0.317 e. The van der Waals surface area contributed by atoms with Crippen LogP contribution in [-0.2, 0) is 21.4 Å². The van der Waals surface area contributed by atoms with Gasteiger partial charge in [-0.1, -0.05) is 32.9 Å². The Morgan fingerprint density at radius 1 is 1.35 bits per heavy atom. The van der Waals surface area contributed by atoms with Gasteiger partial charge in [-0.2, -0.15) is 4.98 Å². The third kappa shape index (κ3) is 5.79. The fourth-order valence-corrected chi connectivity index (χ4v) is 3.04. The van der Waals surface area contributed by atoms with E-state index in [4.69, 9.17) is 9.63 Å². The van der Waals surface area contributed by atoms with Crippen LogP contribution in [0.15, 0.2) is 4.52 Å². The fraction of sp³-hybridized carbons (Fsp3) is 0.778. The van der Waals surface area contributed by atoms with Crippen molar-refractivity contribution in [2.45, 2.75) is 77.3 Å². The highest BCUT2D eigenvalue weighted by Crippen LogP contribution is 2.25. The number of carbonyl (C=O) groups is 2. The van der Waals surface area contributed by atoms with E-state index in [9.17, 15) is 9.59 Å². The van der Waals surface area contributed by atoms with E-state index in [2.05, 4.69) is 15.5 Å². The minimum atomic E-state index is -0.810. The third-order valence-electron chi connectivity index (χ3n) is 4.67. The first kappa shape index (κ1) is 20.4. The molecule has 0 radical (unpaired) electrons. The smallest absolute Gasteiger partial charge is 0.317 e. The molecule has 1 aliphatic rings. The summed E-state index contributed by atoms with van der Waals surface area (Å²) in [6.45, 7) is 8.80. The molecule has 1 aliphatic carbocycles. The predicted molar refractivity (Wildman–Crippen MR) is 95.8 cm³/mol. The van der Waals surface area contributed by atoms with E-state index in [0.717, 1.165) is 12.8 Å². The number of nitrogens with one attached hydrogen (secondary N) is 1. The maximum absolute atomic E-state index is 12.0. The molecule has 1 aromatic heterocycles. The largest absolute Gasteiger partial charge is 0.480 e. The number of carbonyl (C=O) groups excluding carboxylic acids is 1. The van der Waals surface area contributed by atoms with Crippen LogP contribution >= 0.6 is 0 Å². The van der Waals surface area contributed by atoms with Crippen LogP contribution in [0.1, 0.15) is 65.1 Å². The summed E-state index contributed by atoms with van der Waals surface area (Å²) < 4.78 is 5.22. The lowest BCUT2D eigenvalue weighted by atomic mass is 9.85. The van der Waals surface area contributed by atoms with Crippen LogP contribution in [0.2, 0.25) is 0 Å². The van der Waals surface area contributed by atoms with Gasteiger partial charge in [0, 0.05) is 30.3 Å². The van der Waals surface area contributed by atoms with Crippen molar-refractivity contribution in [3.8, 4) is 0 Å². The molecule has 0 saturated heterocycles. The Morgan fingerprint density at radius 2 is 2.04 bits per heavy atom. The van der Waals surface area contributed by atoms with Crippen LogP contribution in [0.5, 0.6) is 0 Å². The topological polar surface area (TPSA) is 109 Å². The lowest BCUT2D eigenvalue weighted by molar-refractivity contribution is -0.139. The summed E-state index contributed by atoms with van der Waals surface area (Å²) in [4.78, 5) is 29.2. The van der Waals surface area contributed by atoms with Crippen molar-refractivity contribution in [2.75, 3.05) is 13.1 Å². The molecule has 2 rings (SSSR count). The number of aryl methyl sites for hydroxylation is 1. The van der Waals surface area contributed by atoms with Gasteiger partial charge in [-0.25, -0.2) is 0 Å². The first-order chi connectivity index (χ1) is 12.2. The first-order valence-electron chi connectivity index (χ1n) is 9.27. The van der Waals surface area contributed by atoms with Gasteiger partial charge in [-0.05, 0) is 25.8 Å². The molecular weight excluding hydrogens is 336 g/mol. The molecule has 1 heterocycles. The molecule has 26 heavy (non-hydrogen) atoms. The van der Waals surface area contributed by atoms with Crippen LogP contribution in [0.3, 0.4) is 0 Å². The van der Waals surface area contributed by atoms with Gasteiger partial charge in [-0.15, -0.1) is 0 Å². The molecule has 0 bridgehead atoms. The minimum absolute atomic E-state index is 0.0188. The molecule has 0 aromatic carbocycles. The van der Waals surface area contributed by atoms with Crippen molar-refractivity contribution in [2.24, 2.45) is 0 Å². The van der Waals surface area contributed by atoms with Crippen LogP contribution < -0.4 is 5.32 Å². The molecule has 1 saturated carbocycles. The fourth-order valence-electron chi connectivity index (χ4n) is 3.04. The van der Waals surface area contributed by atoms with Gasteiger partial charge in [0.05, 0.1) is 6.54 Å². The third-order valence-corrected chi connectivity index (χ3v) is 4.67. The van der Waals surface area contributed by atoms with Crippen molar-refractivity contribution in [3.63, 3.8) is 0 Å². The van der Waals surface area contributed by atoms with Crippen LogP contribution in [0.4, 0.5) is 0 Å². The number of carboxylic acids is 1. The van der Waals surface area contributed by atoms with E-state index in [1.54, 1.807) is 0 Å². The molecule has 0 aliphatic heterocycles. The number of nitrogens with zero attached hydrogens (tertiary/aromatic N) is 3. The van der Waals surface area contributed by atoms with Crippen molar-refractivity contribution in [1.29, 1.82) is 0 Å². The average molecular weight is 366 g/mol. The van der Waals surface area contributed by atoms with Crippen molar-refractivity contribution in [3.05, 3.63) is 11.7 Å². The number of amides is 1. The second-order valence-electron chi connectivity index (χ2n) is 7.96. The Kier molecular flexibility index (Phi) is 6.75. The number of rotatable bonds is 9. The highest BCUT2D eigenvalue weighted by atomic mass is 16.5. The van der Waals surface area contributed by atoms with Crippen molar-refractivity contribution in [1.82, 2.24) is 20.4 Å². The average Bonchev–Trinajstić information content (AvgIpc) is 2.97. The minimum Gasteiger partial charge on any atom is -0.480 e. The Morgan fingerprint density at radius 3 is 2.58 bits per heavy atom. The van der Waals surface area contributed by atoms with E-state index < -0.39 is 5.97 Å². The SMILES string of the molecule is CCN(CC(=O)O)C1CC(NC(=O)CCCc2nc(C(C)(C)C)no2)C1. The number of aromatic nitrogens is 2. The number of hydrogen-bond donors (Lipinski definition) is 2. The summed E-state index contributed by atoms with van der Waals surface area (Å²) >= 11 is 0. The van der Waals surface area contributed by atoms with Gasteiger partial charge in [-0.3, -0.25) is 14.5 Å². The lowest BCUT2D eigenvalue weighted by Crippen LogP contribution is -2.54. The van der Waals surface area contributed by atoms with Gasteiger partial charge in [0.1, 0.15) is 0 Å². The Bertz CT molecular complexity index is 617. The molecular formula is C18H30N4O4. The molecule has 1 fully saturated rings. The molecule has 8 heteroatoms. The monoisotopic (exact) mass is 366 g/mol. The summed E-state index contributed by atoms with van der Waals surface area (Å²) in [5, 5.41) is 15.9. The van der Waals surface area contributed by atoms with E-state index in [1.165, 1.54) is 0 Å². The molecule has 1 aromatic rings. The zero-order valence-corrected chi connectivity index (χ0v) is 16.1. The molecule has 8 nitrogen and oxygen atoms in total. The highest BCUT2D eigenvalue weighted by Gasteiger charge is 2.34. The molecule has 0 unspecified atom stereocenters. The predicted octanol–water partition coefficient (Wildman–Crippen LogP) is 1.74. The number of carboxylic acid groups (broad SMARTS) is 1. The summed E-state index contributed by atoms with van der Waals surface area (Å²) in [7, 11) is 0. The normalized spacial score (nSPS) is 20.0. The zero-order valence-electron chi connectivity index (χ0n) is 16.1. The highest BCUT2D eigenvalue weighted by molar-refractivity contribution is 5.76. The number of likely N-dealkylation sites (N-methyl/N-ethyl adjacent to an activating group) is 1. The second-order valence-corrected chi connectivity index (χ2v) is 7.96. The van der Waals surface area contributed by atoms with E-state index in [1.807, 2.05) is 32.6 Å². The second kappa shape index (κ2) is 8.62. The number of aliphatic carboxylic acids is 1. The molecule has 0 atom stereocenters. The molecule has 2 N–H and O–H groups in total. The van der Waals surface area contributed by atoms with Gasteiger partial charge < -0.3 is 14.9 Å². The van der Waals surface area contributed by atoms with Gasteiger partial charge >= 0.3 is 5.97 Å². The standard InChI is InChI=1S/C18H30N4O4/c1-5-22(11-16(24)25)13-9-12(10-13)19-14(23)7-6-8-15-20-17(21-26-15)18(2,3)4/h12-13H,5-11H2,1-4H3,(H,19,23)(H,24,25). The van der Waals surface area contributed by atoms with Crippen LogP contribution in [0.25, 0.3) is 0 Å². The molecule has 146 valence electrons. The molecule has 1 amide bonds. The van der Waals surface area contributed by atoms with Crippen molar-refractivity contribution < 1.29 is 19.2 Å². The van der Waals surface area contributed by atoms with Gasteiger partial charge in [0.25, 0.3) is 0 Å². The Balaban J connectivity index is 1.64. The van der Waals surface area contributed by atoms with Crippen LogP contribution in [-0.4, -0.2) is 57.2 Å². The Labute approximate surface area is 154 Å². The quantitative estimate of drug-likeness (QED) is 0.685. The van der Waals surface area contributed by atoms with Gasteiger partial charge in [0.2, 0.25) is 11.8 Å². The summed E-state index contributed by atoms with van der Waals surface area (Å²) in [6.07, 6.45) is 3.29. The van der Waals surface area contributed by atoms with Crippen molar-refractivity contribution >= 4 is 11.9 Å². The van der Waals surface area contributed by atoms with Gasteiger partial charge in [0.15, 0.2) is 5.82 Å². The summed E-state index contributed by atoms with van der Waals surface area (Å²) in [5.41, 5.74) is -0.146. The molecule has 0 spiro atoms. The van der Waals surface area contributed by atoms with E-state index >= 15 is 0 Å². The maximum atomic E-state index is 12.0. The van der Waals surface area contributed by atoms with Crippen LogP contribution in [0, 0.1) is 0 Å². The summed E-state index contributed by atoms with van der Waals surface area (Å²) in [5.74, 6) is 0.457. The Hall–Kier alpha value is -1.96. The first-order valence-corrected chi connectivity index (χ1v) is 9.27. The summed E-state index contributed by atoms with van der Waals surface area (Å²) in [6, 6.07) is 0.391. The van der Waals surface area contributed by atoms with E-state index in [-0.39, 0.29) is 30.0 Å². The van der Waals surface area contributed by atoms with E-state index in [0.29, 0.717) is 37.5 Å². The zero-order chi connectivity index (χ0) is 19.3. The number of hydrogen-bond acceptors (Lipinski definition) is 6.